The Morgan fingerprint density at radius 3 is 2.61 bits per heavy atom. The third-order valence-electron chi connectivity index (χ3n) is 2.20. The lowest BCUT2D eigenvalue weighted by molar-refractivity contribution is 0.104. The summed E-state index contributed by atoms with van der Waals surface area (Å²) >= 11 is 3.25. The lowest BCUT2D eigenvalue weighted by Gasteiger charge is -2.01. The van der Waals surface area contributed by atoms with Crippen molar-refractivity contribution in [2.45, 2.75) is 0 Å². The van der Waals surface area contributed by atoms with Crippen LogP contribution in [0.25, 0.3) is 0 Å². The summed E-state index contributed by atoms with van der Waals surface area (Å²) < 4.78 is 0.739. The second-order valence-electron chi connectivity index (χ2n) is 3.47. The van der Waals surface area contributed by atoms with E-state index in [2.05, 4.69) is 29.1 Å². The van der Waals surface area contributed by atoms with Crippen molar-refractivity contribution in [3.05, 3.63) is 77.3 Å². The van der Waals surface area contributed by atoms with Crippen molar-refractivity contribution in [1.29, 1.82) is 0 Å². The molecular weight excluding hydrogens is 292 g/mol. The summed E-state index contributed by atoms with van der Waals surface area (Å²) in [6.07, 6.45) is 7.97. The molecule has 1 N–H and O–H groups in total. The smallest absolute Gasteiger partial charge is 0.189 e. The molecule has 1 aromatic carbocycles. The molecule has 0 aliphatic carbocycles. The highest BCUT2D eigenvalue weighted by atomic mass is 79.9. The van der Waals surface area contributed by atoms with Gasteiger partial charge in [0.2, 0.25) is 0 Å². The van der Waals surface area contributed by atoms with E-state index < -0.39 is 0 Å². The summed E-state index contributed by atoms with van der Waals surface area (Å²) in [6, 6.07) is 4.72. The summed E-state index contributed by atoms with van der Waals surface area (Å²) in [6.45, 7) is 7.20. The molecule has 2 nitrogen and oxygen atoms in total. The summed E-state index contributed by atoms with van der Waals surface area (Å²) in [7, 11) is 0. The fourth-order valence-corrected chi connectivity index (χ4v) is 1.66. The minimum atomic E-state index is -0.273. The molecule has 3 heteroatoms. The predicted molar refractivity (Wildman–Crippen MR) is 77.8 cm³/mol. The molecular formula is C15H13BrO2. The van der Waals surface area contributed by atoms with Gasteiger partial charge in [0.1, 0.15) is 5.75 Å². The zero-order chi connectivity index (χ0) is 13.5. The summed E-state index contributed by atoms with van der Waals surface area (Å²) in [5, 5.41) is 9.60. The molecule has 0 aliphatic rings. The summed E-state index contributed by atoms with van der Waals surface area (Å²) in [5.74, 6) is -0.314. The van der Waals surface area contributed by atoms with Crippen molar-refractivity contribution in [2.75, 3.05) is 0 Å². The van der Waals surface area contributed by atoms with Crippen molar-refractivity contribution in [2.24, 2.45) is 0 Å². The van der Waals surface area contributed by atoms with Crippen molar-refractivity contribution in [3.63, 3.8) is 0 Å². The van der Waals surface area contributed by atoms with Crippen LogP contribution in [0.2, 0.25) is 0 Å². The number of benzene rings is 1. The quantitative estimate of drug-likeness (QED) is 0.503. The van der Waals surface area contributed by atoms with Gasteiger partial charge >= 0.3 is 0 Å². The van der Waals surface area contributed by atoms with Crippen LogP contribution in [0.1, 0.15) is 10.4 Å². The Balaban J connectivity index is 2.98. The van der Waals surface area contributed by atoms with Crippen molar-refractivity contribution in [3.8, 4) is 5.75 Å². The van der Waals surface area contributed by atoms with E-state index in [0.29, 0.717) is 0 Å². The molecule has 0 saturated heterocycles. The van der Waals surface area contributed by atoms with Crippen LogP contribution in [0.15, 0.2) is 71.8 Å². The van der Waals surface area contributed by atoms with Gasteiger partial charge < -0.3 is 5.11 Å². The van der Waals surface area contributed by atoms with Gasteiger partial charge in [-0.2, -0.15) is 0 Å². The minimum absolute atomic E-state index is 0.0410. The largest absolute Gasteiger partial charge is 0.507 e. The van der Waals surface area contributed by atoms with Crippen LogP contribution in [0.5, 0.6) is 5.75 Å². The molecule has 0 aromatic heterocycles. The monoisotopic (exact) mass is 304 g/mol. The molecule has 0 heterocycles. The van der Waals surface area contributed by atoms with Crippen molar-refractivity contribution >= 4 is 21.7 Å². The van der Waals surface area contributed by atoms with Crippen LogP contribution in [-0.2, 0) is 0 Å². The van der Waals surface area contributed by atoms with Crippen LogP contribution in [0.4, 0.5) is 0 Å². The maximum absolute atomic E-state index is 11.9. The molecule has 0 saturated carbocycles. The fourth-order valence-electron chi connectivity index (χ4n) is 1.30. The topological polar surface area (TPSA) is 37.3 Å². The normalized spacial score (nSPS) is 11.5. The van der Waals surface area contributed by atoms with Gasteiger partial charge in [0.25, 0.3) is 0 Å². The number of carbonyl (C=O) groups is 1. The van der Waals surface area contributed by atoms with E-state index in [4.69, 9.17) is 0 Å². The zero-order valence-electron chi connectivity index (χ0n) is 9.77. The molecule has 0 spiro atoms. The third-order valence-corrected chi connectivity index (χ3v) is 2.69. The number of allylic oxidation sites excluding steroid dienone is 6. The Hall–Kier alpha value is -1.87. The number of phenolic OH excluding ortho intramolecular Hbond substituents is 1. The predicted octanol–water partition coefficient (Wildman–Crippen LogP) is 4.19. The second kappa shape index (κ2) is 6.77. The average molecular weight is 305 g/mol. The van der Waals surface area contributed by atoms with Gasteiger partial charge in [-0.05, 0) is 29.8 Å². The fraction of sp³-hybridized carbons (Fsp3) is 0. The highest BCUT2D eigenvalue weighted by Gasteiger charge is 2.08. The van der Waals surface area contributed by atoms with Gasteiger partial charge in [0.05, 0.1) is 5.56 Å². The molecule has 0 bridgehead atoms. The van der Waals surface area contributed by atoms with Gasteiger partial charge in [-0.15, -0.1) is 0 Å². The van der Waals surface area contributed by atoms with Gasteiger partial charge in [-0.25, -0.2) is 0 Å². The number of carbonyl (C=O) groups excluding carboxylic acids is 1. The van der Waals surface area contributed by atoms with Crippen molar-refractivity contribution in [1.82, 2.24) is 0 Å². The molecule has 92 valence electrons. The molecule has 1 rings (SSSR count). The first-order valence-electron chi connectivity index (χ1n) is 5.24. The minimum Gasteiger partial charge on any atom is -0.507 e. The van der Waals surface area contributed by atoms with E-state index in [9.17, 15) is 9.90 Å². The number of ketones is 1. The average Bonchev–Trinajstić information content (AvgIpc) is 2.37. The highest BCUT2D eigenvalue weighted by molar-refractivity contribution is 9.10. The van der Waals surface area contributed by atoms with Gasteiger partial charge in [0, 0.05) is 4.47 Å². The first-order chi connectivity index (χ1) is 8.58. The molecule has 0 amide bonds. The Morgan fingerprint density at radius 1 is 1.28 bits per heavy atom. The maximum atomic E-state index is 11.9. The van der Waals surface area contributed by atoms with E-state index in [1.807, 2.05) is 0 Å². The summed E-state index contributed by atoms with van der Waals surface area (Å²) in [5.41, 5.74) is 1.02. The van der Waals surface area contributed by atoms with Crippen LogP contribution in [-0.4, -0.2) is 10.9 Å². The van der Waals surface area contributed by atoms with Crippen molar-refractivity contribution < 1.29 is 9.90 Å². The Morgan fingerprint density at radius 2 is 2.00 bits per heavy atom. The maximum Gasteiger partial charge on any atom is 0.189 e. The van der Waals surface area contributed by atoms with E-state index in [-0.39, 0.29) is 17.1 Å². The lowest BCUT2D eigenvalue weighted by Crippen LogP contribution is -1.95. The standard InChI is InChI=1S/C15H13BrO2/c1-3-5-11(4-2)6-8-14(17)13-10-12(16)7-9-15(13)18/h3-10,18H,1-2H2/b8-6+,11-5+. The Labute approximate surface area is 115 Å². The number of phenols is 1. The summed E-state index contributed by atoms with van der Waals surface area (Å²) in [4.78, 5) is 11.9. The van der Waals surface area contributed by atoms with Crippen LogP contribution < -0.4 is 0 Å². The SMILES string of the molecule is C=C/C=C(C=C)/C=C/C(=O)c1cc(Br)ccc1O. The lowest BCUT2D eigenvalue weighted by atomic mass is 10.1. The number of hydrogen-bond donors (Lipinski definition) is 1. The Bertz CT molecular complexity index is 539. The van der Waals surface area contributed by atoms with Gasteiger partial charge in [-0.1, -0.05) is 53.4 Å². The first kappa shape index (κ1) is 14.2. The zero-order valence-corrected chi connectivity index (χ0v) is 11.4. The molecule has 0 aliphatic heterocycles. The second-order valence-corrected chi connectivity index (χ2v) is 4.38. The molecule has 0 radical (unpaired) electrons. The molecule has 0 unspecified atom stereocenters. The third kappa shape index (κ3) is 3.86. The van der Waals surface area contributed by atoms with Crippen LogP contribution in [0, 0.1) is 0 Å². The molecule has 1 aromatic rings. The first-order valence-corrected chi connectivity index (χ1v) is 6.04. The van der Waals surface area contributed by atoms with Gasteiger partial charge in [0.15, 0.2) is 5.78 Å². The van der Waals surface area contributed by atoms with E-state index in [1.165, 1.54) is 12.1 Å². The molecule has 0 fully saturated rings. The Kier molecular flexibility index (Phi) is 5.33. The number of halogens is 1. The van der Waals surface area contributed by atoms with Crippen LogP contribution in [0.3, 0.4) is 0 Å². The molecule has 18 heavy (non-hydrogen) atoms. The number of aromatic hydroxyl groups is 1. The van der Waals surface area contributed by atoms with Gasteiger partial charge in [-0.3, -0.25) is 4.79 Å². The number of hydrogen-bond acceptors (Lipinski definition) is 2. The van der Waals surface area contributed by atoms with E-state index in [1.54, 1.807) is 36.4 Å². The van der Waals surface area contributed by atoms with E-state index >= 15 is 0 Å². The van der Waals surface area contributed by atoms with Crippen LogP contribution >= 0.6 is 15.9 Å². The molecule has 0 atom stereocenters. The number of rotatable bonds is 5. The highest BCUT2D eigenvalue weighted by Crippen LogP contribution is 2.22. The van der Waals surface area contributed by atoms with E-state index in [0.717, 1.165) is 10.0 Å².